The van der Waals surface area contributed by atoms with Gasteiger partial charge in [-0.25, -0.2) is 4.98 Å². The summed E-state index contributed by atoms with van der Waals surface area (Å²) in [5, 5.41) is 12.3. The van der Waals surface area contributed by atoms with Crippen LogP contribution < -0.4 is 16.0 Å². The molecule has 0 unspecified atom stereocenters. The highest BCUT2D eigenvalue weighted by atomic mass is 16.4. The van der Waals surface area contributed by atoms with Gasteiger partial charge in [-0.1, -0.05) is 0 Å². The van der Waals surface area contributed by atoms with Gasteiger partial charge in [0.1, 0.15) is 5.52 Å². The zero-order valence-electron chi connectivity index (χ0n) is 12.8. The second-order valence-electron chi connectivity index (χ2n) is 6.29. The first-order valence-corrected chi connectivity index (χ1v) is 7.74. The summed E-state index contributed by atoms with van der Waals surface area (Å²) < 4.78 is 0. The molecule has 0 saturated carbocycles. The number of H-pyrrole nitrogens is 1. The van der Waals surface area contributed by atoms with Crippen LogP contribution in [0.25, 0.3) is 11.2 Å². The molecule has 5 N–H and O–H groups in total. The lowest BCUT2D eigenvalue weighted by molar-refractivity contribution is -0.144. The monoisotopic (exact) mass is 331 g/mol. The number of carbonyl (C=O) groups is 2. The van der Waals surface area contributed by atoms with Crippen LogP contribution in [0.2, 0.25) is 0 Å². The molecule has 4 rings (SSSR count). The van der Waals surface area contributed by atoms with Crippen LogP contribution in [-0.2, 0) is 9.59 Å². The van der Waals surface area contributed by atoms with Crippen molar-refractivity contribution in [3.05, 3.63) is 6.33 Å². The Kier molecular flexibility index (Phi) is 3.08. The third-order valence-corrected chi connectivity index (χ3v) is 4.98. The number of piperidine rings is 1. The molecule has 0 radical (unpaired) electrons. The fourth-order valence-electron chi connectivity index (χ4n) is 3.77. The van der Waals surface area contributed by atoms with Gasteiger partial charge in [-0.15, -0.1) is 0 Å². The number of nitrogens with one attached hydrogen (secondary N) is 2. The number of hydrogen-bond donors (Lipinski definition) is 4. The van der Waals surface area contributed by atoms with E-state index in [0.717, 1.165) is 0 Å². The number of imidazole rings is 1. The van der Waals surface area contributed by atoms with Crippen LogP contribution in [0.15, 0.2) is 6.33 Å². The van der Waals surface area contributed by atoms with Gasteiger partial charge in [-0.3, -0.25) is 9.59 Å². The number of carboxylic acid groups (broad SMARTS) is 1. The van der Waals surface area contributed by atoms with E-state index in [-0.39, 0.29) is 18.3 Å². The number of aromatic amines is 1. The highest BCUT2D eigenvalue weighted by Gasteiger charge is 2.51. The van der Waals surface area contributed by atoms with Crippen molar-refractivity contribution in [3.63, 3.8) is 0 Å². The van der Waals surface area contributed by atoms with E-state index in [9.17, 15) is 14.7 Å². The van der Waals surface area contributed by atoms with Crippen molar-refractivity contribution in [1.82, 2.24) is 25.3 Å². The molecule has 2 aromatic rings. The molecule has 126 valence electrons. The third kappa shape index (κ3) is 2.14. The Hall–Kier alpha value is -2.91. The van der Waals surface area contributed by atoms with E-state index in [2.05, 4.69) is 25.3 Å². The maximum absolute atomic E-state index is 11.7. The molecule has 0 bridgehead atoms. The van der Waals surface area contributed by atoms with E-state index >= 15 is 0 Å². The van der Waals surface area contributed by atoms with Crippen LogP contribution in [0.4, 0.5) is 11.8 Å². The molecule has 2 aromatic heterocycles. The SMILES string of the molecule is Nc1nc(N2CCC3(CC2)NC(=O)C[C@@H]3C(=O)O)c2[nH]cnc2n1. The summed E-state index contributed by atoms with van der Waals surface area (Å²) >= 11 is 0. The molecule has 2 aliphatic heterocycles. The average Bonchev–Trinajstić information content (AvgIpc) is 3.12. The van der Waals surface area contributed by atoms with E-state index in [1.165, 1.54) is 6.33 Å². The topological polar surface area (TPSA) is 150 Å². The molecule has 4 heterocycles. The number of fused-ring (bicyclic) bond motifs is 1. The predicted octanol–water partition coefficient (Wildman–Crippen LogP) is -0.505. The van der Waals surface area contributed by atoms with Crippen LogP contribution in [0, 0.1) is 5.92 Å². The lowest BCUT2D eigenvalue weighted by Crippen LogP contribution is -2.55. The average molecular weight is 331 g/mol. The molecule has 2 aliphatic rings. The van der Waals surface area contributed by atoms with Crippen LogP contribution in [0.3, 0.4) is 0 Å². The third-order valence-electron chi connectivity index (χ3n) is 4.98. The number of nitrogen functional groups attached to an aromatic ring is 1. The van der Waals surface area contributed by atoms with E-state index < -0.39 is 17.4 Å². The van der Waals surface area contributed by atoms with E-state index in [1.54, 1.807) is 0 Å². The second kappa shape index (κ2) is 5.05. The van der Waals surface area contributed by atoms with Gasteiger partial charge in [-0.2, -0.15) is 9.97 Å². The Labute approximate surface area is 136 Å². The Balaban J connectivity index is 1.61. The first kappa shape index (κ1) is 14.7. The van der Waals surface area contributed by atoms with Crippen molar-refractivity contribution in [2.24, 2.45) is 5.92 Å². The second-order valence-corrected chi connectivity index (χ2v) is 6.29. The first-order chi connectivity index (χ1) is 11.5. The highest BCUT2D eigenvalue weighted by molar-refractivity contribution is 5.88. The van der Waals surface area contributed by atoms with Crippen LogP contribution >= 0.6 is 0 Å². The molecule has 0 aromatic carbocycles. The molecule has 1 spiro atoms. The minimum Gasteiger partial charge on any atom is -0.481 e. The number of carbonyl (C=O) groups excluding carboxylic acids is 1. The summed E-state index contributed by atoms with van der Waals surface area (Å²) in [4.78, 5) is 40.7. The Morgan fingerprint density at radius 1 is 1.38 bits per heavy atom. The van der Waals surface area contributed by atoms with Gasteiger partial charge < -0.3 is 26.0 Å². The summed E-state index contributed by atoms with van der Waals surface area (Å²) in [6, 6.07) is 0. The molecule has 1 atom stereocenters. The normalized spacial score (nSPS) is 22.9. The lowest BCUT2D eigenvalue weighted by Gasteiger charge is -2.41. The summed E-state index contributed by atoms with van der Waals surface area (Å²) in [6.07, 6.45) is 2.65. The molecule has 0 aliphatic carbocycles. The van der Waals surface area contributed by atoms with Crippen molar-refractivity contribution < 1.29 is 14.7 Å². The standard InChI is InChI=1S/C14H17N7O3/c15-13-18-10-9(16-6-17-10)11(19-13)21-3-1-14(2-4-21)7(12(23)24)5-8(22)20-14/h6-7H,1-5H2,(H,20,22)(H,23,24)(H3,15,16,17,18,19)/t7-/m1/s1. The van der Waals surface area contributed by atoms with Gasteiger partial charge in [-0.05, 0) is 12.8 Å². The molecule has 1 amide bonds. The summed E-state index contributed by atoms with van der Waals surface area (Å²) in [5.74, 6) is -1.01. The number of nitrogens with zero attached hydrogens (tertiary/aromatic N) is 4. The van der Waals surface area contributed by atoms with E-state index in [0.29, 0.717) is 42.9 Å². The summed E-state index contributed by atoms with van der Waals surface area (Å²) in [5.41, 5.74) is 6.27. The fraction of sp³-hybridized carbons (Fsp3) is 0.500. The minimum absolute atomic E-state index is 0.0422. The number of aliphatic carboxylic acids is 1. The maximum Gasteiger partial charge on any atom is 0.309 e. The first-order valence-electron chi connectivity index (χ1n) is 7.74. The maximum atomic E-state index is 11.7. The van der Waals surface area contributed by atoms with Crippen LogP contribution in [0.5, 0.6) is 0 Å². The Bertz CT molecular complexity index is 825. The van der Waals surface area contributed by atoms with Gasteiger partial charge in [0.2, 0.25) is 11.9 Å². The quantitative estimate of drug-likeness (QED) is 0.575. The number of carboxylic acids is 1. The van der Waals surface area contributed by atoms with Gasteiger partial charge >= 0.3 is 5.97 Å². The minimum atomic E-state index is -0.927. The number of hydrogen-bond acceptors (Lipinski definition) is 7. The van der Waals surface area contributed by atoms with Gasteiger partial charge in [0, 0.05) is 19.5 Å². The van der Waals surface area contributed by atoms with E-state index in [4.69, 9.17) is 5.73 Å². The Morgan fingerprint density at radius 2 is 2.12 bits per heavy atom. The molecule has 10 heteroatoms. The zero-order valence-corrected chi connectivity index (χ0v) is 12.8. The van der Waals surface area contributed by atoms with Crippen molar-refractivity contribution in [2.45, 2.75) is 24.8 Å². The van der Waals surface area contributed by atoms with E-state index in [1.807, 2.05) is 4.90 Å². The number of rotatable bonds is 2. The molecule has 2 saturated heterocycles. The summed E-state index contributed by atoms with van der Waals surface area (Å²) in [7, 11) is 0. The van der Waals surface area contributed by atoms with Gasteiger partial charge in [0.25, 0.3) is 0 Å². The number of aromatic nitrogens is 4. The molecule has 24 heavy (non-hydrogen) atoms. The van der Waals surface area contributed by atoms with Crippen LogP contribution in [0.1, 0.15) is 19.3 Å². The van der Waals surface area contributed by atoms with Crippen molar-refractivity contribution in [2.75, 3.05) is 23.7 Å². The highest BCUT2D eigenvalue weighted by Crippen LogP contribution is 2.38. The predicted molar refractivity (Wildman–Crippen MR) is 84.2 cm³/mol. The van der Waals surface area contributed by atoms with Gasteiger partial charge in [0.15, 0.2) is 11.5 Å². The number of nitrogens with two attached hydrogens (primary N) is 1. The van der Waals surface area contributed by atoms with Crippen molar-refractivity contribution in [1.29, 1.82) is 0 Å². The Morgan fingerprint density at radius 3 is 2.83 bits per heavy atom. The van der Waals surface area contributed by atoms with Crippen molar-refractivity contribution in [3.8, 4) is 0 Å². The smallest absolute Gasteiger partial charge is 0.309 e. The fourth-order valence-corrected chi connectivity index (χ4v) is 3.77. The summed E-state index contributed by atoms with van der Waals surface area (Å²) in [6.45, 7) is 1.13. The number of anilines is 2. The molecule has 2 fully saturated rings. The largest absolute Gasteiger partial charge is 0.481 e. The van der Waals surface area contributed by atoms with Gasteiger partial charge in [0.05, 0.1) is 17.8 Å². The zero-order chi connectivity index (χ0) is 16.9. The molecule has 10 nitrogen and oxygen atoms in total. The van der Waals surface area contributed by atoms with Crippen LogP contribution in [-0.4, -0.2) is 55.5 Å². The lowest BCUT2D eigenvalue weighted by atomic mass is 9.78. The molecular weight excluding hydrogens is 314 g/mol. The number of amides is 1. The van der Waals surface area contributed by atoms with Crippen molar-refractivity contribution >= 4 is 34.8 Å². The molecular formula is C14H17N7O3.